The van der Waals surface area contributed by atoms with Gasteiger partial charge in [-0.05, 0) is 53.0 Å². The number of amides is 1. The first kappa shape index (κ1) is 22.7. The Morgan fingerprint density at radius 2 is 1.96 bits per heavy atom. The third-order valence-corrected chi connectivity index (χ3v) is 6.67. The fourth-order valence-corrected chi connectivity index (χ4v) is 5.52. The molecular formula is C19H22BrClN2O4S. The van der Waals surface area contributed by atoms with E-state index in [1.165, 1.54) is 13.2 Å². The number of hydrogen-bond donors (Lipinski definition) is 1. The largest absolute Gasteiger partial charge is 0.494 e. The molecule has 0 saturated heterocycles. The molecule has 152 valence electrons. The van der Waals surface area contributed by atoms with Crippen molar-refractivity contribution in [1.82, 2.24) is 4.31 Å². The normalized spacial score (nSPS) is 11.5. The molecule has 0 aromatic heterocycles. The van der Waals surface area contributed by atoms with Crippen LogP contribution < -0.4 is 10.1 Å². The second-order valence-electron chi connectivity index (χ2n) is 6.12. The highest BCUT2D eigenvalue weighted by atomic mass is 79.9. The Bertz CT molecular complexity index is 966. The molecule has 2 aromatic rings. The summed E-state index contributed by atoms with van der Waals surface area (Å²) in [6.45, 7) is 3.56. The summed E-state index contributed by atoms with van der Waals surface area (Å²) in [7, 11) is -2.64. The number of carbonyl (C=O) groups excluding carboxylic acids is 1. The lowest BCUT2D eigenvalue weighted by Gasteiger charge is -2.23. The molecule has 28 heavy (non-hydrogen) atoms. The number of para-hydroxylation sites is 1. The number of hydrogen-bond acceptors (Lipinski definition) is 4. The van der Waals surface area contributed by atoms with E-state index in [0.717, 1.165) is 9.87 Å². The van der Waals surface area contributed by atoms with Gasteiger partial charge >= 0.3 is 0 Å². The lowest BCUT2D eigenvalue weighted by atomic mass is 10.2. The average Bonchev–Trinajstić information content (AvgIpc) is 2.62. The highest BCUT2D eigenvalue weighted by Gasteiger charge is 2.30. The van der Waals surface area contributed by atoms with Gasteiger partial charge in [-0.2, -0.15) is 4.31 Å². The molecule has 1 amide bonds. The van der Waals surface area contributed by atoms with Gasteiger partial charge in [-0.25, -0.2) is 8.42 Å². The van der Waals surface area contributed by atoms with E-state index in [1.54, 1.807) is 18.2 Å². The van der Waals surface area contributed by atoms with Gasteiger partial charge in [-0.3, -0.25) is 4.79 Å². The van der Waals surface area contributed by atoms with E-state index in [0.29, 0.717) is 16.6 Å². The van der Waals surface area contributed by atoms with Crippen LogP contribution in [0.15, 0.2) is 45.8 Å². The van der Waals surface area contributed by atoms with Gasteiger partial charge in [0.1, 0.15) is 4.90 Å². The molecule has 0 bridgehead atoms. The molecule has 0 aliphatic rings. The summed E-state index contributed by atoms with van der Waals surface area (Å²) in [5.41, 5.74) is 1.53. The second kappa shape index (κ2) is 9.73. The topological polar surface area (TPSA) is 75.7 Å². The van der Waals surface area contributed by atoms with Crippen LogP contribution in [0.4, 0.5) is 5.69 Å². The number of anilines is 1. The molecule has 0 spiro atoms. The Morgan fingerprint density at radius 3 is 2.57 bits per heavy atom. The molecular weight excluding hydrogens is 468 g/mol. The number of nitrogens with zero attached hydrogens (tertiary/aromatic N) is 1. The number of rotatable bonds is 8. The van der Waals surface area contributed by atoms with Crippen molar-refractivity contribution in [3.8, 4) is 5.75 Å². The van der Waals surface area contributed by atoms with Gasteiger partial charge in [0.25, 0.3) is 0 Å². The fourth-order valence-electron chi connectivity index (χ4n) is 2.66. The van der Waals surface area contributed by atoms with Gasteiger partial charge in [0.05, 0.1) is 18.1 Å². The first-order valence-electron chi connectivity index (χ1n) is 8.59. The molecule has 0 saturated carbocycles. The van der Waals surface area contributed by atoms with Crippen molar-refractivity contribution >= 4 is 49.1 Å². The van der Waals surface area contributed by atoms with Crippen LogP contribution in [-0.2, 0) is 14.8 Å². The fraction of sp³-hybridized carbons (Fsp3) is 0.316. The van der Waals surface area contributed by atoms with Crippen molar-refractivity contribution in [2.45, 2.75) is 25.2 Å². The lowest BCUT2D eigenvalue weighted by Crippen LogP contribution is -2.38. The van der Waals surface area contributed by atoms with Crippen molar-refractivity contribution in [2.75, 3.05) is 25.5 Å². The molecule has 9 heteroatoms. The summed E-state index contributed by atoms with van der Waals surface area (Å²) < 4.78 is 33.3. The minimum atomic E-state index is -4.02. The predicted molar refractivity (Wildman–Crippen MR) is 115 cm³/mol. The highest BCUT2D eigenvalue weighted by Crippen LogP contribution is 2.36. The number of ether oxygens (including phenoxy) is 1. The smallest absolute Gasteiger partial charge is 0.247 e. The number of benzene rings is 2. The molecule has 0 fully saturated rings. The SMILES string of the molecule is CCCN(CC(=O)Nc1ccccc1C)S(=O)(=O)c1cc(Cl)cc(Br)c1OC. The predicted octanol–water partition coefficient (Wildman–Crippen LogP) is 4.46. The van der Waals surface area contributed by atoms with Crippen molar-refractivity contribution in [3.63, 3.8) is 0 Å². The van der Waals surface area contributed by atoms with Crippen molar-refractivity contribution in [2.24, 2.45) is 0 Å². The summed E-state index contributed by atoms with van der Waals surface area (Å²) in [6, 6.07) is 10.2. The van der Waals surface area contributed by atoms with Crippen LogP contribution >= 0.6 is 27.5 Å². The summed E-state index contributed by atoms with van der Waals surface area (Å²) in [4.78, 5) is 12.4. The highest BCUT2D eigenvalue weighted by molar-refractivity contribution is 9.10. The Labute approximate surface area is 179 Å². The maximum atomic E-state index is 13.2. The molecule has 0 radical (unpaired) electrons. The third kappa shape index (κ3) is 5.26. The average molecular weight is 490 g/mol. The van der Waals surface area contributed by atoms with E-state index >= 15 is 0 Å². The van der Waals surface area contributed by atoms with Gasteiger partial charge in [0.15, 0.2) is 5.75 Å². The van der Waals surface area contributed by atoms with Crippen LogP contribution in [0.5, 0.6) is 5.75 Å². The van der Waals surface area contributed by atoms with Crippen LogP contribution in [0.25, 0.3) is 0 Å². The third-order valence-electron chi connectivity index (χ3n) is 4.01. The van der Waals surface area contributed by atoms with Crippen LogP contribution in [0.1, 0.15) is 18.9 Å². The molecule has 2 rings (SSSR count). The molecule has 0 aliphatic carbocycles. The minimum Gasteiger partial charge on any atom is -0.494 e. The van der Waals surface area contributed by atoms with E-state index in [9.17, 15) is 13.2 Å². The number of carbonyl (C=O) groups is 1. The summed E-state index contributed by atoms with van der Waals surface area (Å²) in [6.07, 6.45) is 0.543. The molecule has 1 N–H and O–H groups in total. The Kier molecular flexibility index (Phi) is 7.88. The maximum absolute atomic E-state index is 13.2. The quantitative estimate of drug-likeness (QED) is 0.594. The minimum absolute atomic E-state index is 0.0912. The zero-order valence-corrected chi connectivity index (χ0v) is 19.0. The van der Waals surface area contributed by atoms with E-state index in [-0.39, 0.29) is 28.8 Å². The van der Waals surface area contributed by atoms with Gasteiger partial charge in [0, 0.05) is 17.3 Å². The number of halogens is 2. The summed E-state index contributed by atoms with van der Waals surface area (Å²) >= 11 is 9.32. The van der Waals surface area contributed by atoms with Crippen LogP contribution in [0.2, 0.25) is 5.02 Å². The van der Waals surface area contributed by atoms with E-state index in [2.05, 4.69) is 21.2 Å². The Hall–Kier alpha value is -1.61. The van der Waals surface area contributed by atoms with Crippen LogP contribution in [0, 0.1) is 6.92 Å². The summed E-state index contributed by atoms with van der Waals surface area (Å²) in [5.74, 6) is -0.281. The number of nitrogens with one attached hydrogen (secondary N) is 1. The monoisotopic (exact) mass is 488 g/mol. The molecule has 0 heterocycles. The van der Waals surface area contributed by atoms with E-state index < -0.39 is 15.9 Å². The van der Waals surface area contributed by atoms with Gasteiger partial charge in [-0.15, -0.1) is 0 Å². The number of methoxy groups -OCH3 is 1. The van der Waals surface area contributed by atoms with E-state index in [4.69, 9.17) is 16.3 Å². The van der Waals surface area contributed by atoms with E-state index in [1.807, 2.05) is 26.0 Å². The Morgan fingerprint density at radius 1 is 1.29 bits per heavy atom. The van der Waals surface area contributed by atoms with Crippen molar-refractivity contribution in [1.29, 1.82) is 0 Å². The molecule has 2 aromatic carbocycles. The molecule has 6 nitrogen and oxygen atoms in total. The summed E-state index contributed by atoms with van der Waals surface area (Å²) in [5, 5.41) is 3.01. The van der Waals surface area contributed by atoms with Gasteiger partial charge in [0.2, 0.25) is 15.9 Å². The zero-order valence-electron chi connectivity index (χ0n) is 15.8. The van der Waals surface area contributed by atoms with Gasteiger partial charge < -0.3 is 10.1 Å². The first-order valence-corrected chi connectivity index (χ1v) is 11.2. The number of sulfonamides is 1. The Balaban J connectivity index is 2.35. The first-order chi connectivity index (χ1) is 13.2. The van der Waals surface area contributed by atoms with Crippen LogP contribution in [-0.4, -0.2) is 38.8 Å². The number of aryl methyl sites for hydroxylation is 1. The maximum Gasteiger partial charge on any atom is 0.247 e. The second-order valence-corrected chi connectivity index (χ2v) is 9.32. The van der Waals surface area contributed by atoms with Crippen molar-refractivity contribution in [3.05, 3.63) is 51.5 Å². The van der Waals surface area contributed by atoms with Crippen molar-refractivity contribution < 1.29 is 17.9 Å². The van der Waals surface area contributed by atoms with Gasteiger partial charge in [-0.1, -0.05) is 36.7 Å². The van der Waals surface area contributed by atoms with Crippen LogP contribution in [0.3, 0.4) is 0 Å². The molecule has 0 unspecified atom stereocenters. The zero-order chi connectivity index (χ0) is 20.9. The lowest BCUT2D eigenvalue weighted by molar-refractivity contribution is -0.116. The molecule has 0 aliphatic heterocycles. The molecule has 0 atom stereocenters. The standard InChI is InChI=1S/C19H22BrClN2O4S/c1-4-9-23(12-18(24)22-16-8-6-5-7-13(16)2)28(25,26)17-11-14(21)10-15(20)19(17)27-3/h5-8,10-11H,4,9,12H2,1-3H3,(H,22,24).